The second kappa shape index (κ2) is 27.1. The summed E-state index contributed by atoms with van der Waals surface area (Å²) in [5.74, 6) is 2.91. The lowest BCUT2D eigenvalue weighted by Crippen LogP contribution is -2.20. The van der Waals surface area contributed by atoms with E-state index in [2.05, 4.69) is 51.2 Å². The van der Waals surface area contributed by atoms with Crippen molar-refractivity contribution in [2.24, 2.45) is 0 Å². The van der Waals surface area contributed by atoms with Crippen LogP contribution in [0, 0.1) is 0 Å². The van der Waals surface area contributed by atoms with Crippen molar-refractivity contribution in [2.45, 2.75) is 103 Å². The van der Waals surface area contributed by atoms with Crippen molar-refractivity contribution in [2.75, 3.05) is 35.5 Å². The topological polar surface area (TPSA) is 208 Å². The Hall–Kier alpha value is -5.91. The number of carbonyl (C=O) groups is 2. The molecule has 21 heteroatoms. The Balaban J connectivity index is 0.000000198. The molecule has 376 valence electrons. The fourth-order valence-electron chi connectivity index (χ4n) is 7.58. The van der Waals surface area contributed by atoms with Crippen molar-refractivity contribution in [1.82, 2.24) is 29.9 Å². The molecular weight excluding hydrogens is 1010 g/mol. The van der Waals surface area contributed by atoms with Gasteiger partial charge in [0, 0.05) is 34.6 Å². The summed E-state index contributed by atoms with van der Waals surface area (Å²) in [4.78, 5) is 48.6. The average Bonchev–Trinajstić information content (AvgIpc) is 3.76. The van der Waals surface area contributed by atoms with E-state index >= 15 is 0 Å². The maximum absolute atomic E-state index is 11.6. The normalized spacial score (nSPS) is 13.9. The van der Waals surface area contributed by atoms with E-state index in [4.69, 9.17) is 77.3 Å². The highest BCUT2D eigenvalue weighted by Gasteiger charge is 2.19. The zero-order valence-electron chi connectivity index (χ0n) is 39.6. The molecule has 0 spiro atoms. The third-order valence-electron chi connectivity index (χ3n) is 11.3. The smallest absolute Gasteiger partial charge is 0.328 e. The predicted octanol–water partition coefficient (Wildman–Crippen LogP) is 14.4. The van der Waals surface area contributed by atoms with E-state index in [9.17, 15) is 9.59 Å². The first-order chi connectivity index (χ1) is 34.2. The highest BCUT2D eigenvalue weighted by atomic mass is 35.5. The van der Waals surface area contributed by atoms with Crippen LogP contribution in [-0.4, -0.2) is 72.9 Å². The van der Waals surface area contributed by atoms with Gasteiger partial charge in [-0.15, -0.1) is 0 Å². The minimum Gasteiger partial charge on any atom is -0.506 e. The number of phenolic OH excluding ortho intramolecular Hbond substituents is 1. The fraction of sp³-hybridized carbons (Fsp3) is 0.360. The van der Waals surface area contributed by atoms with Crippen LogP contribution < -0.4 is 35.5 Å². The van der Waals surface area contributed by atoms with Crippen LogP contribution in [0.15, 0.2) is 72.8 Å². The molecule has 4 aromatic carbocycles. The maximum Gasteiger partial charge on any atom is 0.328 e. The number of nitrogens with one attached hydrogen (secondary N) is 4. The molecule has 16 nitrogen and oxygen atoms in total. The summed E-state index contributed by atoms with van der Waals surface area (Å²) >= 11 is 30.4. The van der Waals surface area contributed by atoms with E-state index in [1.165, 1.54) is 83.4 Å². The number of rotatable bonds is 14. The lowest BCUT2D eigenvalue weighted by Gasteiger charge is -2.17. The van der Waals surface area contributed by atoms with Gasteiger partial charge in [-0.2, -0.15) is 29.9 Å². The molecule has 0 atom stereocenters. The largest absolute Gasteiger partial charge is 0.506 e. The van der Waals surface area contributed by atoms with Crippen LogP contribution in [0.4, 0.5) is 35.2 Å². The van der Waals surface area contributed by atoms with Gasteiger partial charge in [-0.1, -0.05) is 97.8 Å². The summed E-state index contributed by atoms with van der Waals surface area (Å²) < 4.78 is 16.3. The van der Waals surface area contributed by atoms with Crippen LogP contribution in [0.3, 0.4) is 0 Å². The number of carbonyl (C=O) groups excluding carboxylic acids is 2. The molecule has 0 radical (unpaired) electrons. The summed E-state index contributed by atoms with van der Waals surface area (Å²) in [7, 11) is 3.13. The molecule has 2 heterocycles. The molecule has 71 heavy (non-hydrogen) atoms. The highest BCUT2D eigenvalue weighted by Crippen LogP contribution is 2.33. The van der Waals surface area contributed by atoms with Gasteiger partial charge < -0.3 is 40.6 Å². The Morgan fingerprint density at radius 3 is 1.37 bits per heavy atom. The standard InChI is InChI=1S/C25H27Cl2N5O3.C17H21Cl2N5O.C8H7ClO2/c1-15(33)16-9-11-22(19(26)13-16)35-25-31-23(28-17-7-5-3-4-6-8-17)30-24(32-25)29-18-10-12-21(34-2)20(27)14-18;1-25-14-9-8-12(10-13(14)18)21-17-23-15(19)22-16(24-17)20-11-6-4-2-3-5-7-11;1-5(10)6-2-3-8(11)7(9)4-6/h9-14,17H,3-8H2,1-2H3,(H2,28,29,30,31,32);8-11H,2-7H2,1H3,(H2,20,21,22,23,24);2-4,11H,1H3. The van der Waals surface area contributed by atoms with Gasteiger partial charge in [0.05, 0.1) is 34.3 Å². The lowest BCUT2D eigenvalue weighted by atomic mass is 10.1. The molecule has 8 rings (SSSR count). The van der Waals surface area contributed by atoms with E-state index in [0.717, 1.165) is 31.4 Å². The molecule has 5 N–H and O–H groups in total. The zero-order valence-corrected chi connectivity index (χ0v) is 43.4. The number of Topliss-reactive ketones (excluding diaryl/α,β-unsaturated/α-hetero) is 2. The van der Waals surface area contributed by atoms with Gasteiger partial charge in [-0.3, -0.25) is 9.59 Å². The maximum atomic E-state index is 11.6. The summed E-state index contributed by atoms with van der Waals surface area (Å²) in [6, 6.07) is 20.6. The molecule has 0 aliphatic heterocycles. The quantitative estimate of drug-likeness (QED) is 0.0508. The predicted molar refractivity (Wildman–Crippen MR) is 282 cm³/mol. The Morgan fingerprint density at radius 1 is 0.507 bits per heavy atom. The van der Waals surface area contributed by atoms with Gasteiger partial charge in [0.1, 0.15) is 23.0 Å². The average molecular weight is 1070 g/mol. The number of anilines is 6. The molecule has 2 aliphatic rings. The first kappa shape index (κ1) is 54.4. The van der Waals surface area contributed by atoms with Gasteiger partial charge in [-0.25, -0.2) is 0 Å². The van der Waals surface area contributed by atoms with E-state index in [1.807, 2.05) is 12.1 Å². The van der Waals surface area contributed by atoms with Crippen LogP contribution in [0.1, 0.15) is 112 Å². The number of nitrogens with zero attached hydrogens (tertiary/aromatic N) is 6. The zero-order chi connectivity index (χ0) is 50.9. The van der Waals surface area contributed by atoms with Crippen LogP contribution in [0.2, 0.25) is 25.4 Å². The van der Waals surface area contributed by atoms with E-state index in [-0.39, 0.29) is 50.6 Å². The summed E-state index contributed by atoms with van der Waals surface area (Å²) in [6.45, 7) is 2.93. The number of methoxy groups -OCH3 is 2. The molecule has 6 aromatic rings. The Kier molecular flexibility index (Phi) is 20.7. The Labute approximate surface area is 438 Å². The molecule has 2 fully saturated rings. The number of hydrogen-bond donors (Lipinski definition) is 5. The SMILES string of the molecule is CC(=O)c1ccc(O)c(Cl)c1.COc1ccc(Nc2nc(Cl)nc(NC3CCCCCC3)n2)cc1Cl.COc1ccc(Nc2nc(NC3CCCCCC3)nc(Oc3ccc(C(C)=O)cc3Cl)n2)cc1Cl. The number of ether oxygens (including phenoxy) is 3. The number of hydrogen-bond acceptors (Lipinski definition) is 16. The molecule has 0 amide bonds. The van der Waals surface area contributed by atoms with Crippen LogP contribution >= 0.6 is 58.0 Å². The number of ketones is 2. The van der Waals surface area contributed by atoms with Gasteiger partial charge >= 0.3 is 6.01 Å². The fourth-order valence-corrected chi connectivity index (χ4v) is 8.65. The second-order valence-electron chi connectivity index (χ2n) is 16.7. The molecule has 0 unspecified atom stereocenters. The van der Waals surface area contributed by atoms with Crippen molar-refractivity contribution in [3.63, 3.8) is 0 Å². The first-order valence-corrected chi connectivity index (χ1v) is 24.9. The number of benzene rings is 4. The molecular formula is C50H55Cl5N10O6. The first-order valence-electron chi connectivity index (χ1n) is 23.1. The Bertz CT molecular complexity index is 2760. The van der Waals surface area contributed by atoms with E-state index in [0.29, 0.717) is 68.0 Å². The Morgan fingerprint density at radius 2 is 0.915 bits per heavy atom. The molecule has 0 bridgehead atoms. The number of aromatic hydroxyl groups is 1. The van der Waals surface area contributed by atoms with Crippen LogP contribution in [0.25, 0.3) is 0 Å². The molecule has 0 saturated heterocycles. The van der Waals surface area contributed by atoms with Crippen molar-refractivity contribution >= 4 is 105 Å². The van der Waals surface area contributed by atoms with Crippen molar-refractivity contribution in [3.05, 3.63) is 109 Å². The number of phenols is 1. The van der Waals surface area contributed by atoms with Gasteiger partial charge in [-0.05, 0) is 124 Å². The third kappa shape index (κ3) is 17.1. The van der Waals surface area contributed by atoms with E-state index < -0.39 is 0 Å². The number of halogens is 5. The van der Waals surface area contributed by atoms with Crippen LogP contribution in [-0.2, 0) is 0 Å². The summed E-state index contributed by atoms with van der Waals surface area (Å²) in [5, 5.41) is 23.7. The van der Waals surface area contributed by atoms with Gasteiger partial charge in [0.2, 0.25) is 29.1 Å². The molecule has 2 saturated carbocycles. The van der Waals surface area contributed by atoms with E-state index in [1.54, 1.807) is 56.7 Å². The summed E-state index contributed by atoms with van der Waals surface area (Å²) in [5.41, 5.74) is 2.42. The van der Waals surface area contributed by atoms with Crippen molar-refractivity contribution < 1.29 is 28.9 Å². The highest BCUT2D eigenvalue weighted by molar-refractivity contribution is 6.33. The third-order valence-corrected chi connectivity index (χ3v) is 12.7. The minimum absolute atomic E-state index is 0.00309. The lowest BCUT2D eigenvalue weighted by molar-refractivity contribution is 0.100. The van der Waals surface area contributed by atoms with Crippen LogP contribution in [0.5, 0.6) is 29.0 Å². The van der Waals surface area contributed by atoms with Gasteiger partial charge in [0.25, 0.3) is 0 Å². The number of aromatic nitrogens is 6. The van der Waals surface area contributed by atoms with Crippen molar-refractivity contribution in [3.8, 4) is 29.0 Å². The molecule has 2 aliphatic carbocycles. The second-order valence-corrected chi connectivity index (χ2v) is 18.6. The molecule has 2 aromatic heterocycles. The van der Waals surface area contributed by atoms with Gasteiger partial charge in [0.15, 0.2) is 11.6 Å². The monoisotopic (exact) mass is 1070 g/mol. The summed E-state index contributed by atoms with van der Waals surface area (Å²) in [6.07, 6.45) is 14.2. The van der Waals surface area contributed by atoms with Crippen molar-refractivity contribution in [1.29, 1.82) is 0 Å². The minimum atomic E-state index is -0.0851.